The van der Waals surface area contributed by atoms with E-state index < -0.39 is 0 Å². The van der Waals surface area contributed by atoms with Crippen molar-refractivity contribution in [2.75, 3.05) is 5.75 Å². The van der Waals surface area contributed by atoms with Crippen molar-refractivity contribution in [3.63, 3.8) is 0 Å². The summed E-state index contributed by atoms with van der Waals surface area (Å²) in [5.74, 6) is 1.06. The van der Waals surface area contributed by atoms with E-state index in [1.54, 1.807) is 11.3 Å². The van der Waals surface area contributed by atoms with E-state index in [0.29, 0.717) is 18.0 Å². The Morgan fingerprint density at radius 3 is 2.76 bits per heavy atom. The van der Waals surface area contributed by atoms with Crippen LogP contribution in [0.15, 0.2) is 15.9 Å². The number of carbonyl (C=O) groups excluding carboxylic acids is 1. The minimum absolute atomic E-state index is 0.370. The highest BCUT2D eigenvalue weighted by molar-refractivity contribution is 9.11. The maximum absolute atomic E-state index is 11.8. The fraction of sp³-hybridized carbons (Fsp3) is 0.615. The quantitative estimate of drug-likeness (QED) is 0.778. The highest BCUT2D eigenvalue weighted by atomic mass is 79.9. The van der Waals surface area contributed by atoms with Crippen LogP contribution in [0.25, 0.3) is 0 Å². The van der Waals surface area contributed by atoms with E-state index in [0.717, 1.165) is 9.04 Å². The van der Waals surface area contributed by atoms with E-state index in [-0.39, 0.29) is 0 Å². The minimum atomic E-state index is 0.370. The van der Waals surface area contributed by atoms with E-state index in [2.05, 4.69) is 15.9 Å². The Morgan fingerprint density at radius 1 is 1.35 bits per heavy atom. The van der Waals surface area contributed by atoms with Gasteiger partial charge < -0.3 is 0 Å². The summed E-state index contributed by atoms with van der Waals surface area (Å²) in [6.45, 7) is 0. The van der Waals surface area contributed by atoms with Gasteiger partial charge in [0.2, 0.25) is 0 Å². The average Bonchev–Trinajstić information content (AvgIpc) is 2.73. The Morgan fingerprint density at radius 2 is 2.12 bits per heavy atom. The standard InChI is InChI=1S/C13H17BrOS2/c14-13-7-6-12(17-13)8-10(15)9-16-11-4-2-1-3-5-11/h6-7,11H,1-5,8-9H2. The van der Waals surface area contributed by atoms with Gasteiger partial charge in [-0.3, -0.25) is 4.79 Å². The first-order valence-corrected chi connectivity index (χ1v) is 8.77. The lowest BCUT2D eigenvalue weighted by molar-refractivity contribution is -0.115. The summed E-state index contributed by atoms with van der Waals surface area (Å²) < 4.78 is 1.11. The second kappa shape index (κ2) is 6.95. The van der Waals surface area contributed by atoms with Gasteiger partial charge in [0.05, 0.1) is 9.54 Å². The SMILES string of the molecule is O=C(CSC1CCCCC1)Cc1ccc(Br)s1. The molecule has 0 atom stereocenters. The molecule has 1 heterocycles. The van der Waals surface area contributed by atoms with Gasteiger partial charge in [0.25, 0.3) is 0 Å². The summed E-state index contributed by atoms with van der Waals surface area (Å²) in [7, 11) is 0. The smallest absolute Gasteiger partial charge is 0.147 e. The first-order valence-electron chi connectivity index (χ1n) is 6.11. The zero-order valence-corrected chi connectivity index (χ0v) is 13.0. The third-order valence-electron chi connectivity index (χ3n) is 3.03. The predicted molar refractivity (Wildman–Crippen MR) is 80.1 cm³/mol. The van der Waals surface area contributed by atoms with Crippen molar-refractivity contribution in [3.05, 3.63) is 20.8 Å². The molecule has 1 saturated carbocycles. The number of thioether (sulfide) groups is 1. The summed E-state index contributed by atoms with van der Waals surface area (Å²) >= 11 is 6.96. The van der Waals surface area contributed by atoms with Crippen LogP contribution in [0.2, 0.25) is 0 Å². The number of halogens is 1. The second-order valence-electron chi connectivity index (χ2n) is 4.49. The minimum Gasteiger partial charge on any atom is -0.298 e. The summed E-state index contributed by atoms with van der Waals surface area (Å²) in [4.78, 5) is 13.0. The maximum Gasteiger partial charge on any atom is 0.147 e. The van der Waals surface area contributed by atoms with Gasteiger partial charge in [0.15, 0.2) is 0 Å². The zero-order valence-electron chi connectivity index (χ0n) is 9.78. The van der Waals surface area contributed by atoms with Crippen LogP contribution < -0.4 is 0 Å². The van der Waals surface area contributed by atoms with Gasteiger partial charge in [-0.1, -0.05) is 19.3 Å². The van der Waals surface area contributed by atoms with Gasteiger partial charge in [0, 0.05) is 16.5 Å². The Kier molecular flexibility index (Phi) is 5.57. The van der Waals surface area contributed by atoms with Crippen LogP contribution in [-0.2, 0) is 11.2 Å². The van der Waals surface area contributed by atoms with Gasteiger partial charge in [-0.15, -0.1) is 11.3 Å². The van der Waals surface area contributed by atoms with Crippen LogP contribution in [-0.4, -0.2) is 16.8 Å². The van der Waals surface area contributed by atoms with Crippen LogP contribution >= 0.6 is 39.0 Å². The van der Waals surface area contributed by atoms with E-state index in [9.17, 15) is 4.79 Å². The fourth-order valence-corrected chi connectivity index (χ4v) is 4.84. The molecule has 0 amide bonds. The summed E-state index contributed by atoms with van der Waals surface area (Å²) in [5, 5.41) is 0.739. The van der Waals surface area contributed by atoms with Crippen molar-refractivity contribution in [1.82, 2.24) is 0 Å². The van der Waals surface area contributed by atoms with Crippen LogP contribution in [0, 0.1) is 0 Å². The highest BCUT2D eigenvalue weighted by Gasteiger charge is 2.15. The number of hydrogen-bond acceptors (Lipinski definition) is 3. The molecule has 1 aliphatic carbocycles. The van der Waals surface area contributed by atoms with Gasteiger partial charge >= 0.3 is 0 Å². The molecule has 1 fully saturated rings. The molecule has 0 spiro atoms. The number of Topliss-reactive ketones (excluding diaryl/α,β-unsaturated/α-hetero) is 1. The summed E-state index contributed by atoms with van der Waals surface area (Å²) in [5.41, 5.74) is 0. The van der Waals surface area contributed by atoms with E-state index >= 15 is 0 Å². The molecule has 17 heavy (non-hydrogen) atoms. The molecule has 0 saturated heterocycles. The molecule has 0 bridgehead atoms. The number of hydrogen-bond donors (Lipinski definition) is 0. The molecule has 4 heteroatoms. The summed E-state index contributed by atoms with van der Waals surface area (Å²) in [6.07, 6.45) is 7.31. The molecule has 1 aromatic heterocycles. The third kappa shape index (κ3) is 4.76. The Hall–Kier alpha value is 0.200. The third-order valence-corrected chi connectivity index (χ3v) is 6.09. The average molecular weight is 333 g/mol. The summed E-state index contributed by atoms with van der Waals surface area (Å²) in [6, 6.07) is 4.06. The molecule has 1 nitrogen and oxygen atoms in total. The van der Waals surface area contributed by atoms with Crippen molar-refractivity contribution in [1.29, 1.82) is 0 Å². The molecule has 0 aliphatic heterocycles. The molecule has 1 aromatic rings. The monoisotopic (exact) mass is 332 g/mol. The number of ketones is 1. The van der Waals surface area contributed by atoms with Crippen molar-refractivity contribution in [2.24, 2.45) is 0 Å². The van der Waals surface area contributed by atoms with Crippen molar-refractivity contribution in [2.45, 2.75) is 43.8 Å². The fourth-order valence-electron chi connectivity index (χ4n) is 2.13. The first kappa shape index (κ1) is 13.6. The molecule has 1 aliphatic rings. The molecule has 0 unspecified atom stereocenters. The Bertz CT molecular complexity index is 369. The number of rotatable bonds is 5. The van der Waals surface area contributed by atoms with Crippen LogP contribution in [0.1, 0.15) is 37.0 Å². The van der Waals surface area contributed by atoms with Gasteiger partial charge in [0.1, 0.15) is 5.78 Å². The Labute approximate surface area is 120 Å². The zero-order chi connectivity index (χ0) is 12.1. The highest BCUT2D eigenvalue weighted by Crippen LogP contribution is 2.28. The van der Waals surface area contributed by atoms with Crippen LogP contribution in [0.5, 0.6) is 0 Å². The normalized spacial score (nSPS) is 17.2. The second-order valence-corrected chi connectivity index (χ2v) is 8.33. The molecule has 0 aromatic carbocycles. The molecule has 0 radical (unpaired) electrons. The number of carbonyl (C=O) groups is 1. The van der Waals surface area contributed by atoms with Crippen molar-refractivity contribution >= 4 is 44.8 Å². The van der Waals surface area contributed by atoms with E-state index in [4.69, 9.17) is 0 Å². The molecule has 2 rings (SSSR count). The molecular weight excluding hydrogens is 316 g/mol. The lowest BCUT2D eigenvalue weighted by Crippen LogP contribution is -2.13. The molecule has 0 N–H and O–H groups in total. The van der Waals surface area contributed by atoms with Crippen LogP contribution in [0.3, 0.4) is 0 Å². The lowest BCUT2D eigenvalue weighted by Gasteiger charge is -2.20. The largest absolute Gasteiger partial charge is 0.298 e. The van der Waals surface area contributed by atoms with E-state index in [1.165, 1.54) is 37.0 Å². The molecule has 94 valence electrons. The lowest BCUT2D eigenvalue weighted by atomic mass is 10.0. The van der Waals surface area contributed by atoms with Crippen LogP contribution in [0.4, 0.5) is 0 Å². The predicted octanol–water partition coefficient (Wildman–Crippen LogP) is 4.69. The van der Waals surface area contributed by atoms with Gasteiger partial charge in [-0.25, -0.2) is 0 Å². The Balaban J connectivity index is 1.70. The van der Waals surface area contributed by atoms with Crippen molar-refractivity contribution in [3.8, 4) is 0 Å². The topological polar surface area (TPSA) is 17.1 Å². The van der Waals surface area contributed by atoms with Gasteiger partial charge in [-0.05, 0) is 40.9 Å². The molecular formula is C13H17BrOS2. The first-order chi connectivity index (χ1) is 8.24. The van der Waals surface area contributed by atoms with Gasteiger partial charge in [-0.2, -0.15) is 11.8 Å². The van der Waals surface area contributed by atoms with E-state index in [1.807, 2.05) is 23.9 Å². The number of thiophene rings is 1. The maximum atomic E-state index is 11.8. The van der Waals surface area contributed by atoms with Crippen molar-refractivity contribution < 1.29 is 4.79 Å².